The van der Waals surface area contributed by atoms with Crippen LogP contribution in [0, 0.1) is 11.8 Å². The van der Waals surface area contributed by atoms with Crippen molar-refractivity contribution in [2.24, 2.45) is 11.8 Å². The molecule has 0 nitrogen and oxygen atoms in total. The van der Waals surface area contributed by atoms with Crippen LogP contribution in [0.1, 0.15) is 216 Å². The van der Waals surface area contributed by atoms with E-state index in [0.29, 0.717) is 0 Å². The fraction of sp³-hybridized carbons (Fsp3) is 1.00. The summed E-state index contributed by atoms with van der Waals surface area (Å²) in [5, 5.41) is 0. The molecule has 35 heavy (non-hydrogen) atoms. The van der Waals surface area contributed by atoms with Crippen molar-refractivity contribution >= 4 is 9.90 Å². The van der Waals surface area contributed by atoms with Crippen LogP contribution in [0.4, 0.5) is 0 Å². The van der Waals surface area contributed by atoms with Crippen molar-refractivity contribution in [1.29, 1.82) is 0 Å². The van der Waals surface area contributed by atoms with E-state index in [2.05, 4.69) is 13.8 Å². The van der Waals surface area contributed by atoms with Gasteiger partial charge in [-0.2, -0.15) is 9.90 Å². The van der Waals surface area contributed by atoms with Crippen molar-refractivity contribution in [2.45, 2.75) is 216 Å². The molecule has 2 aliphatic rings. The van der Waals surface area contributed by atoms with Gasteiger partial charge in [-0.3, -0.25) is 0 Å². The molecule has 2 rings (SSSR count). The minimum atomic E-state index is 0. The van der Waals surface area contributed by atoms with Gasteiger partial charge in [-0.25, -0.2) is 0 Å². The van der Waals surface area contributed by atoms with Crippen LogP contribution in [0.2, 0.25) is 0 Å². The van der Waals surface area contributed by atoms with Crippen LogP contribution in [-0.2, 0) is 0 Å². The lowest BCUT2D eigenvalue weighted by Gasteiger charge is -2.13. The third-order valence-electron chi connectivity index (χ3n) is 4.79. The summed E-state index contributed by atoms with van der Waals surface area (Å²) in [7, 11) is 0. The maximum atomic E-state index is 2.39. The molecule has 0 heterocycles. The summed E-state index contributed by atoms with van der Waals surface area (Å²) in [5.74, 6) is 2.04. The van der Waals surface area contributed by atoms with Crippen LogP contribution in [0.3, 0.4) is 0 Å². The molecule has 1 heteroatoms. The highest BCUT2D eigenvalue weighted by Crippen LogP contribution is 2.21. The number of rotatable bonds is 0. The Morgan fingerprint density at radius 1 is 0.286 bits per heavy atom. The normalized spacial score (nSPS) is 14.1. The molecular weight excluding hydrogens is 439 g/mol. The Morgan fingerprint density at radius 2 is 0.400 bits per heavy atom. The molecule has 0 aliphatic heterocycles. The Kier molecular flexibility index (Phi) is 171. The molecule has 2 saturated carbocycles. The van der Waals surface area contributed by atoms with Gasteiger partial charge in [0.05, 0.1) is 0 Å². The highest BCUT2D eigenvalue weighted by molar-refractivity contribution is 6.92. The summed E-state index contributed by atoms with van der Waals surface area (Å²) in [6.45, 7) is 32.8. The highest BCUT2D eigenvalue weighted by atomic mass is 31.0. The smallest absolute Gasteiger partial charge is 0.0443 e. The van der Waals surface area contributed by atoms with Crippen molar-refractivity contribution in [3.8, 4) is 0 Å². The third kappa shape index (κ3) is 86.8. The van der Waals surface area contributed by atoms with Crippen LogP contribution in [0.25, 0.3) is 0 Å². The molecule has 0 bridgehead atoms. The lowest BCUT2D eigenvalue weighted by atomic mass is 9.93. The van der Waals surface area contributed by atoms with E-state index in [0.717, 1.165) is 11.8 Å². The molecule has 0 aromatic carbocycles. The number of hydrogen-bond donors (Lipinski definition) is 0. The molecule has 2 aliphatic carbocycles. The van der Waals surface area contributed by atoms with Crippen LogP contribution < -0.4 is 0 Å². The van der Waals surface area contributed by atoms with Crippen molar-refractivity contribution in [3.63, 3.8) is 0 Å². The van der Waals surface area contributed by atoms with E-state index in [1.807, 2.05) is 96.9 Å². The Labute approximate surface area is 237 Å². The fourth-order valence-corrected chi connectivity index (χ4v) is 3.32. The van der Waals surface area contributed by atoms with Crippen molar-refractivity contribution in [3.05, 3.63) is 0 Å². The maximum Gasteiger partial charge on any atom is -0.0443 e. The zero-order chi connectivity index (χ0) is 27.1. The van der Waals surface area contributed by atoms with Crippen molar-refractivity contribution < 1.29 is 0 Å². The molecule has 0 saturated heterocycles. The molecule has 1 atom stereocenters. The largest absolute Gasteiger partial charge is 0.153 e. The van der Waals surface area contributed by atoms with E-state index in [-0.39, 0.29) is 24.8 Å². The monoisotopic (exact) mass is 529 g/mol. The van der Waals surface area contributed by atoms with Gasteiger partial charge in [0.15, 0.2) is 0 Å². The molecule has 0 aromatic heterocycles. The Bertz CT molecular complexity index is 143. The summed E-state index contributed by atoms with van der Waals surface area (Å²) in [4.78, 5) is 0. The number of hydrogen-bond acceptors (Lipinski definition) is 0. The zero-order valence-corrected chi connectivity index (χ0v) is 29.2. The van der Waals surface area contributed by atoms with Crippen LogP contribution >= 0.6 is 9.90 Å². The van der Waals surface area contributed by atoms with Crippen molar-refractivity contribution in [2.75, 3.05) is 0 Å². The molecule has 0 aromatic rings. The van der Waals surface area contributed by atoms with Crippen LogP contribution in [-0.4, -0.2) is 0 Å². The first kappa shape index (κ1) is 64.9. The first-order valence-corrected chi connectivity index (χ1v) is 15.8. The summed E-state index contributed by atoms with van der Waals surface area (Å²) in [6, 6.07) is 0. The van der Waals surface area contributed by atoms with Gasteiger partial charge in [0.1, 0.15) is 0 Å². The Hall–Kier alpha value is 0.430. The zero-order valence-electron chi connectivity index (χ0n) is 27.8. The molecule has 0 amide bonds. The fourth-order valence-electron chi connectivity index (χ4n) is 3.32. The summed E-state index contributed by atoms with van der Waals surface area (Å²) in [6.07, 6.45) is 20.8. The van der Waals surface area contributed by atoms with Gasteiger partial charge in [-0.05, 0) is 11.8 Å². The summed E-state index contributed by atoms with van der Waals surface area (Å²) in [5.41, 5.74) is 0. The molecule has 0 radical (unpaired) electrons. The quantitative estimate of drug-likeness (QED) is 0.274. The predicted molar refractivity (Wildman–Crippen MR) is 187 cm³/mol. The topological polar surface area (TPSA) is 0 Å². The lowest BCUT2D eigenvalue weighted by Crippen LogP contribution is -1.97. The van der Waals surface area contributed by atoms with E-state index in [9.17, 15) is 0 Å². The lowest BCUT2D eigenvalue weighted by molar-refractivity contribution is 0.404. The minimum Gasteiger partial charge on any atom is -0.153 e. The second kappa shape index (κ2) is 92.2. The van der Waals surface area contributed by atoms with Gasteiger partial charge < -0.3 is 0 Å². The molecule has 1 unspecified atom stereocenters. The van der Waals surface area contributed by atoms with Crippen molar-refractivity contribution in [1.82, 2.24) is 0 Å². The molecule has 2 fully saturated rings. The third-order valence-corrected chi connectivity index (χ3v) is 4.79. The van der Waals surface area contributed by atoms with E-state index < -0.39 is 0 Å². The minimum absolute atomic E-state index is 0. The predicted octanol–water partition coefficient (Wildman–Crippen LogP) is 15.2. The van der Waals surface area contributed by atoms with Gasteiger partial charge >= 0.3 is 0 Å². The average molecular weight is 529 g/mol. The van der Waals surface area contributed by atoms with Gasteiger partial charge in [-0.1, -0.05) is 216 Å². The average Bonchev–Trinajstić information content (AvgIpc) is 2.88. The molecule has 0 N–H and O–H groups in total. The van der Waals surface area contributed by atoms with E-state index in [4.69, 9.17) is 0 Å². The van der Waals surface area contributed by atoms with Gasteiger partial charge in [0.25, 0.3) is 0 Å². The second-order valence-corrected chi connectivity index (χ2v) is 6.90. The van der Waals surface area contributed by atoms with Gasteiger partial charge in [0, 0.05) is 0 Å². The highest BCUT2D eigenvalue weighted by Gasteiger charge is 2.05. The van der Waals surface area contributed by atoms with E-state index >= 15 is 0 Å². The standard InChI is InChI=1S/2C9H18.7C2H6.2CH4.H3P/c2*1-9-7-5-3-2-4-6-8-9;7*1-2;;;/h2*9H,2-8H2,1H3;7*1-2H3;2*1H4;1H3. The van der Waals surface area contributed by atoms with E-state index in [1.54, 1.807) is 0 Å². The Balaban J connectivity index is -0.0000000283. The first-order valence-electron chi connectivity index (χ1n) is 15.8. The molecule has 0 spiro atoms. The SMILES string of the molecule is C.C.CC.CC.CC.CC.CC.CC.CC.CC1CCCCCCC1.CC1CCCCCCC1.P. The summed E-state index contributed by atoms with van der Waals surface area (Å²) < 4.78 is 0. The van der Waals surface area contributed by atoms with Crippen LogP contribution in [0.15, 0.2) is 0 Å². The maximum absolute atomic E-state index is 2.39. The Morgan fingerprint density at radius 3 is 0.543 bits per heavy atom. The van der Waals surface area contributed by atoms with Gasteiger partial charge in [-0.15, -0.1) is 0 Å². The van der Waals surface area contributed by atoms with E-state index in [1.165, 1.54) is 89.9 Å². The summed E-state index contributed by atoms with van der Waals surface area (Å²) >= 11 is 0. The second-order valence-electron chi connectivity index (χ2n) is 6.90. The molecular formula is C34H89P. The van der Waals surface area contributed by atoms with Gasteiger partial charge in [0.2, 0.25) is 0 Å². The first-order chi connectivity index (χ1) is 15.8. The van der Waals surface area contributed by atoms with Crippen LogP contribution in [0.5, 0.6) is 0 Å². The molecule has 230 valence electrons.